The molecular formula is C20H22BrF2NO5. The van der Waals surface area contributed by atoms with E-state index in [1.54, 1.807) is 20.8 Å². The zero-order valence-corrected chi connectivity index (χ0v) is 18.1. The zero-order valence-electron chi connectivity index (χ0n) is 16.6. The minimum absolute atomic E-state index is 0.0309. The molecule has 1 saturated carbocycles. The summed E-state index contributed by atoms with van der Waals surface area (Å²) in [6.07, 6.45) is -1.97. The average Bonchev–Trinajstić information content (AvgIpc) is 2.59. The van der Waals surface area contributed by atoms with Crippen LogP contribution in [0.15, 0.2) is 22.7 Å². The molecule has 0 aromatic heterocycles. The van der Waals surface area contributed by atoms with Gasteiger partial charge in [0.05, 0.1) is 11.6 Å². The van der Waals surface area contributed by atoms with E-state index in [9.17, 15) is 18.8 Å². The maximum Gasteiger partial charge on any atom is 0.411 e. The number of alkyl halides is 1. The fraction of sp³-hybridized carbons (Fsp3) is 0.550. The van der Waals surface area contributed by atoms with Gasteiger partial charge in [-0.25, -0.2) is 18.4 Å². The lowest BCUT2D eigenvalue weighted by atomic mass is 9.61. The molecule has 2 aliphatic heterocycles. The standard InChI is InChI=1S/C20H22BrF2NO5/c1-18(2,3)29-17(27)24-12-9-19(23,10-12)15(25)20(24,16(26)28-4)8-11-6-5-7-13(21)14(11)22/h5-7,12H,8-10H2,1-4H3. The maximum atomic E-state index is 15.1. The lowest BCUT2D eigenvalue weighted by Crippen LogP contribution is -2.80. The zero-order chi connectivity index (χ0) is 21.8. The molecule has 1 atom stereocenters. The van der Waals surface area contributed by atoms with E-state index in [0.717, 1.165) is 12.0 Å². The van der Waals surface area contributed by atoms with E-state index in [1.807, 2.05) is 0 Å². The highest BCUT2D eigenvalue weighted by Crippen LogP contribution is 2.52. The first-order chi connectivity index (χ1) is 13.4. The van der Waals surface area contributed by atoms with Crippen molar-refractivity contribution in [1.82, 2.24) is 4.90 Å². The fourth-order valence-corrected chi connectivity index (χ4v) is 4.43. The third-order valence-corrected chi connectivity index (χ3v) is 5.88. The minimum atomic E-state index is -2.35. The van der Waals surface area contributed by atoms with Gasteiger partial charge in [-0.3, -0.25) is 9.69 Å². The second-order valence-corrected chi connectivity index (χ2v) is 9.30. The van der Waals surface area contributed by atoms with Crippen molar-refractivity contribution < 1.29 is 32.6 Å². The van der Waals surface area contributed by atoms with Crippen LogP contribution in [-0.2, 0) is 25.5 Å². The Labute approximate surface area is 175 Å². The van der Waals surface area contributed by atoms with Gasteiger partial charge < -0.3 is 9.47 Å². The van der Waals surface area contributed by atoms with Gasteiger partial charge in [0.2, 0.25) is 11.3 Å². The number of amides is 1. The predicted octanol–water partition coefficient (Wildman–Crippen LogP) is 3.73. The molecule has 1 aromatic rings. The summed E-state index contributed by atoms with van der Waals surface area (Å²) in [4.78, 5) is 40.1. The first-order valence-corrected chi connectivity index (χ1v) is 9.92. The Morgan fingerprint density at radius 2 is 1.93 bits per heavy atom. The van der Waals surface area contributed by atoms with Crippen LogP contribution in [0.3, 0.4) is 0 Å². The van der Waals surface area contributed by atoms with Crippen molar-refractivity contribution in [2.75, 3.05) is 7.11 Å². The van der Waals surface area contributed by atoms with Crippen molar-refractivity contribution in [3.05, 3.63) is 34.1 Å². The number of carbonyl (C=O) groups excluding carboxylic acids is 3. The van der Waals surface area contributed by atoms with E-state index >= 15 is 4.39 Å². The molecule has 3 fully saturated rings. The number of halogens is 3. The molecule has 29 heavy (non-hydrogen) atoms. The molecule has 6 nitrogen and oxygen atoms in total. The number of esters is 1. The number of methoxy groups -OCH3 is 1. The largest absolute Gasteiger partial charge is 0.467 e. The van der Waals surface area contributed by atoms with E-state index < -0.39 is 52.9 Å². The van der Waals surface area contributed by atoms with Crippen LogP contribution in [0.25, 0.3) is 0 Å². The molecule has 0 spiro atoms. The first-order valence-electron chi connectivity index (χ1n) is 9.13. The van der Waals surface area contributed by atoms with Gasteiger partial charge >= 0.3 is 12.1 Å². The van der Waals surface area contributed by atoms with Crippen molar-refractivity contribution in [2.24, 2.45) is 0 Å². The molecule has 1 aliphatic carbocycles. The predicted molar refractivity (Wildman–Crippen MR) is 102 cm³/mol. The smallest absolute Gasteiger partial charge is 0.411 e. The molecule has 158 valence electrons. The summed E-state index contributed by atoms with van der Waals surface area (Å²) in [5.41, 5.74) is -5.57. The Balaban J connectivity index is 2.16. The first kappa shape index (κ1) is 21.7. The Bertz CT molecular complexity index is 878. The van der Waals surface area contributed by atoms with Crippen LogP contribution in [-0.4, -0.2) is 52.7 Å². The van der Waals surface area contributed by atoms with Gasteiger partial charge in [-0.2, -0.15) is 0 Å². The van der Waals surface area contributed by atoms with Crippen LogP contribution in [0.2, 0.25) is 0 Å². The quantitative estimate of drug-likeness (QED) is 0.493. The van der Waals surface area contributed by atoms with Gasteiger partial charge in [0, 0.05) is 25.3 Å². The number of Topliss-reactive ketones (excluding diaryl/α,β-unsaturated/α-hetero) is 1. The fourth-order valence-electron chi connectivity index (χ4n) is 4.02. The summed E-state index contributed by atoms with van der Waals surface area (Å²) < 4.78 is 40.2. The molecule has 9 heteroatoms. The maximum absolute atomic E-state index is 15.1. The van der Waals surface area contributed by atoms with E-state index in [-0.39, 0.29) is 22.9 Å². The highest BCUT2D eigenvalue weighted by molar-refractivity contribution is 9.10. The summed E-state index contributed by atoms with van der Waals surface area (Å²) in [5.74, 6) is -2.94. The molecule has 0 radical (unpaired) electrons. The van der Waals surface area contributed by atoms with Gasteiger partial charge in [0.15, 0.2) is 5.67 Å². The summed E-state index contributed by atoms with van der Waals surface area (Å²) >= 11 is 3.06. The normalized spacial score (nSPS) is 28.6. The molecule has 4 rings (SSSR count). The molecule has 0 N–H and O–H groups in total. The highest BCUT2D eigenvalue weighted by atomic mass is 79.9. The van der Waals surface area contributed by atoms with E-state index in [1.165, 1.54) is 18.2 Å². The second-order valence-electron chi connectivity index (χ2n) is 8.45. The SMILES string of the molecule is COC(=O)C1(Cc2cccc(Br)c2F)C(=O)C2(F)CC(C2)N1C(=O)OC(C)(C)C. The van der Waals surface area contributed by atoms with Gasteiger partial charge in [-0.15, -0.1) is 0 Å². The topological polar surface area (TPSA) is 72.9 Å². The van der Waals surface area contributed by atoms with Crippen molar-refractivity contribution in [1.29, 1.82) is 0 Å². The summed E-state index contributed by atoms with van der Waals surface area (Å²) in [5, 5.41) is 0. The molecule has 2 heterocycles. The Morgan fingerprint density at radius 3 is 2.48 bits per heavy atom. The van der Waals surface area contributed by atoms with Crippen LogP contribution >= 0.6 is 15.9 Å². The van der Waals surface area contributed by atoms with E-state index in [0.29, 0.717) is 0 Å². The number of ether oxygens (including phenoxy) is 2. The van der Waals surface area contributed by atoms with Gasteiger partial charge in [-0.05, 0) is 48.3 Å². The average molecular weight is 474 g/mol. The summed E-state index contributed by atoms with van der Waals surface area (Å²) in [7, 11) is 1.03. The second kappa shape index (κ2) is 7.04. The lowest BCUT2D eigenvalue weighted by molar-refractivity contribution is -0.191. The van der Waals surface area contributed by atoms with E-state index in [4.69, 9.17) is 9.47 Å². The number of nitrogens with zero attached hydrogens (tertiary/aromatic N) is 1. The van der Waals surface area contributed by atoms with Gasteiger partial charge in [-0.1, -0.05) is 12.1 Å². The molecule has 1 amide bonds. The number of benzene rings is 1. The van der Waals surface area contributed by atoms with Crippen molar-refractivity contribution >= 4 is 33.8 Å². The highest BCUT2D eigenvalue weighted by Gasteiger charge is 2.73. The number of piperidine rings is 2. The number of fused-ring (bicyclic) bond motifs is 2. The number of carbonyl (C=O) groups is 3. The Morgan fingerprint density at radius 1 is 1.31 bits per heavy atom. The number of hydrogen-bond acceptors (Lipinski definition) is 5. The third-order valence-electron chi connectivity index (χ3n) is 5.27. The molecule has 1 aromatic carbocycles. The van der Waals surface area contributed by atoms with Crippen LogP contribution in [0.5, 0.6) is 0 Å². The lowest BCUT2D eigenvalue weighted by Gasteiger charge is -2.59. The van der Waals surface area contributed by atoms with Crippen molar-refractivity contribution in [3.8, 4) is 0 Å². The third kappa shape index (κ3) is 3.43. The Hall–Kier alpha value is -2.03. The number of hydrogen-bond donors (Lipinski definition) is 0. The van der Waals surface area contributed by atoms with E-state index in [2.05, 4.69) is 15.9 Å². The molecule has 2 bridgehead atoms. The number of ketones is 1. The van der Waals surface area contributed by atoms with Crippen LogP contribution in [0.1, 0.15) is 39.2 Å². The summed E-state index contributed by atoms with van der Waals surface area (Å²) in [6.45, 7) is 4.89. The molecule has 2 saturated heterocycles. The molecule has 3 aliphatic rings. The van der Waals surface area contributed by atoms with Gasteiger partial charge in [0.1, 0.15) is 11.4 Å². The van der Waals surface area contributed by atoms with Crippen LogP contribution < -0.4 is 0 Å². The monoisotopic (exact) mass is 473 g/mol. The molecular weight excluding hydrogens is 452 g/mol. The van der Waals surface area contributed by atoms with Crippen LogP contribution in [0.4, 0.5) is 13.6 Å². The minimum Gasteiger partial charge on any atom is -0.467 e. The van der Waals surface area contributed by atoms with Gasteiger partial charge in [0.25, 0.3) is 0 Å². The van der Waals surface area contributed by atoms with Crippen molar-refractivity contribution in [2.45, 2.75) is 62.9 Å². The molecule has 1 unspecified atom stereocenters. The van der Waals surface area contributed by atoms with Crippen LogP contribution in [0, 0.1) is 5.82 Å². The summed E-state index contributed by atoms with van der Waals surface area (Å²) in [6, 6.07) is 3.61. The van der Waals surface area contributed by atoms with Crippen molar-refractivity contribution in [3.63, 3.8) is 0 Å². The Kier molecular flexibility index (Phi) is 5.26. The number of rotatable bonds is 3.